The first-order valence-corrected chi connectivity index (χ1v) is 8.02. The minimum absolute atomic E-state index is 0.121. The molecular formula is C16H26ClN3O. The Hall–Kier alpha value is -1.29. The van der Waals surface area contributed by atoms with Gasteiger partial charge in [-0.05, 0) is 32.3 Å². The average molecular weight is 312 g/mol. The topological polar surface area (TPSA) is 54.0 Å². The highest BCUT2D eigenvalue weighted by Crippen LogP contribution is 2.20. The number of aromatic nitrogens is 1. The third-order valence-corrected chi connectivity index (χ3v) is 3.53. The maximum Gasteiger partial charge on any atom is 0.253 e. The van der Waals surface area contributed by atoms with Gasteiger partial charge in [0.25, 0.3) is 5.91 Å². The Morgan fingerprint density at radius 1 is 1.33 bits per heavy atom. The molecule has 5 heteroatoms. The van der Waals surface area contributed by atoms with Crippen molar-refractivity contribution in [2.24, 2.45) is 5.92 Å². The Kier molecular flexibility index (Phi) is 7.51. The molecule has 0 fully saturated rings. The normalized spacial score (nSPS) is 12.3. The number of rotatable bonds is 8. The van der Waals surface area contributed by atoms with E-state index in [1.165, 1.54) is 6.42 Å². The molecule has 0 aliphatic carbocycles. The van der Waals surface area contributed by atoms with Crippen LogP contribution in [0.5, 0.6) is 0 Å². The van der Waals surface area contributed by atoms with Crippen LogP contribution in [-0.2, 0) is 0 Å². The molecule has 1 aromatic rings. The number of halogens is 1. The zero-order valence-corrected chi connectivity index (χ0v) is 14.1. The molecule has 1 amide bonds. The largest absolute Gasteiger partial charge is 0.369 e. The summed E-state index contributed by atoms with van der Waals surface area (Å²) in [4.78, 5) is 16.3. The summed E-state index contributed by atoms with van der Waals surface area (Å²) in [5.74, 6) is 1.19. The summed E-state index contributed by atoms with van der Waals surface area (Å²) >= 11 is 6.10. The van der Waals surface area contributed by atoms with E-state index in [2.05, 4.69) is 29.5 Å². The molecule has 0 saturated carbocycles. The molecule has 1 heterocycles. The molecule has 0 saturated heterocycles. The molecule has 0 spiro atoms. The molecule has 1 unspecified atom stereocenters. The predicted molar refractivity (Wildman–Crippen MR) is 89.0 cm³/mol. The number of nitrogens with zero attached hydrogens (tertiary/aromatic N) is 1. The van der Waals surface area contributed by atoms with Crippen molar-refractivity contribution in [2.75, 3.05) is 11.9 Å². The van der Waals surface area contributed by atoms with Gasteiger partial charge in [-0.25, -0.2) is 4.98 Å². The maximum atomic E-state index is 12.1. The SMILES string of the molecule is CCNc1ncc(C(=O)NC(C)CCCC(C)C)cc1Cl. The number of carbonyl (C=O) groups is 1. The monoisotopic (exact) mass is 311 g/mol. The van der Waals surface area contributed by atoms with E-state index in [1.807, 2.05) is 13.8 Å². The van der Waals surface area contributed by atoms with Crippen LogP contribution >= 0.6 is 11.6 Å². The summed E-state index contributed by atoms with van der Waals surface area (Å²) in [7, 11) is 0. The molecule has 0 radical (unpaired) electrons. The Morgan fingerprint density at radius 2 is 2.05 bits per heavy atom. The molecule has 2 N–H and O–H groups in total. The standard InChI is InChI=1S/C16H26ClN3O/c1-5-18-15-14(17)9-13(10-19-15)16(21)20-12(4)8-6-7-11(2)3/h9-12H,5-8H2,1-4H3,(H,18,19)(H,20,21). The second-order valence-corrected chi connectivity index (χ2v) is 6.19. The van der Waals surface area contributed by atoms with Crippen LogP contribution in [-0.4, -0.2) is 23.5 Å². The van der Waals surface area contributed by atoms with Gasteiger partial charge in [-0.2, -0.15) is 0 Å². The van der Waals surface area contributed by atoms with E-state index >= 15 is 0 Å². The van der Waals surface area contributed by atoms with Crippen molar-refractivity contribution in [3.63, 3.8) is 0 Å². The lowest BCUT2D eigenvalue weighted by Crippen LogP contribution is -2.32. The van der Waals surface area contributed by atoms with Gasteiger partial charge in [-0.15, -0.1) is 0 Å². The van der Waals surface area contributed by atoms with Crippen LogP contribution in [0.25, 0.3) is 0 Å². The summed E-state index contributed by atoms with van der Waals surface area (Å²) in [5, 5.41) is 6.51. The molecular weight excluding hydrogens is 286 g/mol. The number of hydrogen-bond donors (Lipinski definition) is 2. The lowest BCUT2D eigenvalue weighted by atomic mass is 10.0. The van der Waals surface area contributed by atoms with E-state index in [0.29, 0.717) is 22.3 Å². The fourth-order valence-electron chi connectivity index (χ4n) is 2.07. The number of amides is 1. The molecule has 4 nitrogen and oxygen atoms in total. The number of nitrogens with one attached hydrogen (secondary N) is 2. The molecule has 21 heavy (non-hydrogen) atoms. The Morgan fingerprint density at radius 3 is 2.62 bits per heavy atom. The van der Waals surface area contributed by atoms with Crippen LogP contribution in [0.2, 0.25) is 5.02 Å². The predicted octanol–water partition coefficient (Wildman–Crippen LogP) is 4.11. The second-order valence-electron chi connectivity index (χ2n) is 5.78. The molecule has 1 rings (SSSR count). The highest BCUT2D eigenvalue weighted by atomic mass is 35.5. The first-order chi connectivity index (χ1) is 9.93. The fraction of sp³-hybridized carbons (Fsp3) is 0.625. The van der Waals surface area contributed by atoms with Gasteiger partial charge in [-0.1, -0.05) is 38.3 Å². The van der Waals surface area contributed by atoms with Gasteiger partial charge in [0.05, 0.1) is 10.6 Å². The zero-order chi connectivity index (χ0) is 15.8. The number of anilines is 1. The average Bonchev–Trinajstić information content (AvgIpc) is 2.40. The van der Waals surface area contributed by atoms with Crippen molar-refractivity contribution in [1.82, 2.24) is 10.3 Å². The quantitative estimate of drug-likeness (QED) is 0.759. The molecule has 1 aromatic heterocycles. The van der Waals surface area contributed by atoms with Gasteiger partial charge in [0.15, 0.2) is 0 Å². The molecule has 1 atom stereocenters. The van der Waals surface area contributed by atoms with Gasteiger partial charge in [-0.3, -0.25) is 4.79 Å². The molecule has 0 aliphatic rings. The van der Waals surface area contributed by atoms with Crippen LogP contribution in [0.4, 0.5) is 5.82 Å². The van der Waals surface area contributed by atoms with Crippen molar-refractivity contribution in [3.05, 3.63) is 22.8 Å². The van der Waals surface area contributed by atoms with Gasteiger partial charge in [0.2, 0.25) is 0 Å². The van der Waals surface area contributed by atoms with Crippen LogP contribution in [0.3, 0.4) is 0 Å². The number of pyridine rings is 1. The molecule has 0 bridgehead atoms. The highest BCUT2D eigenvalue weighted by molar-refractivity contribution is 6.33. The van der Waals surface area contributed by atoms with Crippen LogP contribution in [0.15, 0.2) is 12.3 Å². The van der Waals surface area contributed by atoms with E-state index in [0.717, 1.165) is 19.4 Å². The summed E-state index contributed by atoms with van der Waals surface area (Å²) < 4.78 is 0. The van der Waals surface area contributed by atoms with Gasteiger partial charge >= 0.3 is 0 Å². The van der Waals surface area contributed by atoms with Crippen molar-refractivity contribution in [2.45, 2.75) is 53.0 Å². The second kappa shape index (κ2) is 8.88. The zero-order valence-electron chi connectivity index (χ0n) is 13.4. The Labute approximate surface area is 132 Å². The first-order valence-electron chi connectivity index (χ1n) is 7.64. The lowest BCUT2D eigenvalue weighted by molar-refractivity contribution is 0.0937. The minimum atomic E-state index is -0.121. The summed E-state index contributed by atoms with van der Waals surface area (Å²) in [6.07, 6.45) is 4.85. The lowest BCUT2D eigenvalue weighted by Gasteiger charge is -2.15. The van der Waals surface area contributed by atoms with E-state index in [9.17, 15) is 4.79 Å². The third kappa shape index (κ3) is 6.34. The molecule has 0 aliphatic heterocycles. The minimum Gasteiger partial charge on any atom is -0.369 e. The van der Waals surface area contributed by atoms with E-state index < -0.39 is 0 Å². The van der Waals surface area contributed by atoms with Crippen molar-refractivity contribution in [3.8, 4) is 0 Å². The van der Waals surface area contributed by atoms with Crippen molar-refractivity contribution >= 4 is 23.3 Å². The highest BCUT2D eigenvalue weighted by Gasteiger charge is 2.12. The Bertz CT molecular complexity index is 463. The van der Waals surface area contributed by atoms with E-state index in [4.69, 9.17) is 11.6 Å². The van der Waals surface area contributed by atoms with E-state index in [-0.39, 0.29) is 11.9 Å². The summed E-state index contributed by atoms with van der Waals surface area (Å²) in [6, 6.07) is 1.81. The summed E-state index contributed by atoms with van der Waals surface area (Å²) in [6.45, 7) is 9.16. The fourth-order valence-corrected chi connectivity index (χ4v) is 2.30. The maximum absolute atomic E-state index is 12.1. The first kappa shape index (κ1) is 17.8. The van der Waals surface area contributed by atoms with Gasteiger partial charge in [0, 0.05) is 18.8 Å². The van der Waals surface area contributed by atoms with Crippen molar-refractivity contribution < 1.29 is 4.79 Å². The Balaban J connectivity index is 2.53. The number of hydrogen-bond acceptors (Lipinski definition) is 3. The van der Waals surface area contributed by atoms with Crippen LogP contribution < -0.4 is 10.6 Å². The van der Waals surface area contributed by atoms with Crippen LogP contribution in [0, 0.1) is 5.92 Å². The van der Waals surface area contributed by atoms with E-state index in [1.54, 1.807) is 12.3 Å². The smallest absolute Gasteiger partial charge is 0.253 e. The molecule has 0 aromatic carbocycles. The van der Waals surface area contributed by atoms with Crippen LogP contribution in [0.1, 0.15) is 57.3 Å². The van der Waals surface area contributed by atoms with Gasteiger partial charge < -0.3 is 10.6 Å². The number of carbonyl (C=O) groups excluding carboxylic acids is 1. The summed E-state index contributed by atoms with van der Waals surface area (Å²) in [5.41, 5.74) is 0.498. The van der Waals surface area contributed by atoms with Crippen molar-refractivity contribution in [1.29, 1.82) is 0 Å². The van der Waals surface area contributed by atoms with Gasteiger partial charge in [0.1, 0.15) is 5.82 Å². The molecule has 118 valence electrons. The third-order valence-electron chi connectivity index (χ3n) is 3.24.